The number of hydrazone groups is 1. The molecule has 1 N–H and O–H groups in total. The molecule has 0 spiro atoms. The Hall–Kier alpha value is -2.33. The number of fused-ring (bicyclic) bond motifs is 1. The summed E-state index contributed by atoms with van der Waals surface area (Å²) in [7, 11) is 0. The summed E-state index contributed by atoms with van der Waals surface area (Å²) in [6, 6.07) is 10.5. The fraction of sp³-hybridized carbons (Fsp3) is 0.263. The fourth-order valence-corrected chi connectivity index (χ4v) is 3.38. The number of nitrogens with zero attached hydrogens (tertiary/aromatic N) is 3. The quantitative estimate of drug-likeness (QED) is 0.532. The first kappa shape index (κ1) is 15.2. The standard InChI is InChI=1S/C19H19ClN4/c1-12-9-14(13(2)24(12)16-4-5-16)11-22-23-18-7-8-21-19-10-15(20)3-6-17(18)19/h3,6-11,16H,4-5H2,1-2H3,(H,21,23)/b22-11+. The smallest absolute Gasteiger partial charge is 0.0738 e. The van der Waals surface area contributed by atoms with Gasteiger partial charge in [0.25, 0.3) is 0 Å². The predicted octanol–water partition coefficient (Wildman–Crippen LogP) is 5.09. The van der Waals surface area contributed by atoms with E-state index in [4.69, 9.17) is 11.6 Å². The van der Waals surface area contributed by atoms with Crippen LogP contribution in [0.3, 0.4) is 0 Å². The van der Waals surface area contributed by atoms with Gasteiger partial charge in [0.15, 0.2) is 0 Å². The van der Waals surface area contributed by atoms with E-state index in [2.05, 4.69) is 40.0 Å². The van der Waals surface area contributed by atoms with Crippen molar-refractivity contribution >= 4 is 34.4 Å². The third kappa shape index (κ3) is 2.78. The summed E-state index contributed by atoms with van der Waals surface area (Å²) in [5.74, 6) is 0. The number of rotatable bonds is 4. The molecule has 0 saturated heterocycles. The first-order valence-electron chi connectivity index (χ1n) is 8.15. The van der Waals surface area contributed by atoms with Crippen molar-refractivity contribution in [2.75, 3.05) is 5.43 Å². The molecule has 0 radical (unpaired) electrons. The van der Waals surface area contributed by atoms with Gasteiger partial charge in [-0.2, -0.15) is 5.10 Å². The van der Waals surface area contributed by atoms with Gasteiger partial charge >= 0.3 is 0 Å². The Morgan fingerprint density at radius 3 is 2.88 bits per heavy atom. The summed E-state index contributed by atoms with van der Waals surface area (Å²) in [6.07, 6.45) is 6.23. The molecule has 2 aromatic heterocycles. The normalized spacial score (nSPS) is 14.6. The third-order valence-electron chi connectivity index (χ3n) is 4.53. The molecule has 0 bridgehead atoms. The highest BCUT2D eigenvalue weighted by molar-refractivity contribution is 6.31. The molecular weight excluding hydrogens is 320 g/mol. The van der Waals surface area contributed by atoms with Gasteiger partial charge < -0.3 is 4.57 Å². The Bertz CT molecular complexity index is 938. The number of nitrogens with one attached hydrogen (secondary N) is 1. The minimum atomic E-state index is 0.683. The van der Waals surface area contributed by atoms with E-state index in [9.17, 15) is 0 Å². The van der Waals surface area contributed by atoms with Crippen molar-refractivity contribution in [3.8, 4) is 0 Å². The molecule has 1 aliphatic rings. The van der Waals surface area contributed by atoms with E-state index in [0.717, 1.165) is 22.2 Å². The van der Waals surface area contributed by atoms with Gasteiger partial charge in [-0.1, -0.05) is 11.6 Å². The van der Waals surface area contributed by atoms with Crippen molar-refractivity contribution in [1.82, 2.24) is 9.55 Å². The number of pyridine rings is 1. The van der Waals surface area contributed by atoms with Gasteiger partial charge in [0.1, 0.15) is 0 Å². The monoisotopic (exact) mass is 338 g/mol. The van der Waals surface area contributed by atoms with Gasteiger partial charge in [0.05, 0.1) is 17.4 Å². The molecule has 4 rings (SSSR count). The zero-order valence-corrected chi connectivity index (χ0v) is 14.5. The largest absolute Gasteiger partial charge is 0.345 e. The molecule has 0 amide bonds. The van der Waals surface area contributed by atoms with Crippen molar-refractivity contribution in [1.29, 1.82) is 0 Å². The third-order valence-corrected chi connectivity index (χ3v) is 4.76. The van der Waals surface area contributed by atoms with Crippen LogP contribution in [-0.4, -0.2) is 15.8 Å². The lowest BCUT2D eigenvalue weighted by atomic mass is 10.2. The average Bonchev–Trinajstić information content (AvgIpc) is 3.34. The van der Waals surface area contributed by atoms with E-state index in [1.807, 2.05) is 30.5 Å². The van der Waals surface area contributed by atoms with Crippen LogP contribution >= 0.6 is 11.6 Å². The SMILES string of the molecule is Cc1cc(/C=N/Nc2ccnc3cc(Cl)ccc23)c(C)n1C1CC1. The van der Waals surface area contributed by atoms with Gasteiger partial charge in [-0.15, -0.1) is 0 Å². The molecule has 0 aliphatic heterocycles. The maximum Gasteiger partial charge on any atom is 0.0738 e. The van der Waals surface area contributed by atoms with Crippen molar-refractivity contribution in [2.24, 2.45) is 5.10 Å². The van der Waals surface area contributed by atoms with Crippen molar-refractivity contribution in [3.63, 3.8) is 0 Å². The number of aromatic nitrogens is 2. The second-order valence-electron chi connectivity index (χ2n) is 6.32. The fourth-order valence-electron chi connectivity index (χ4n) is 3.22. The van der Waals surface area contributed by atoms with Gasteiger partial charge in [-0.3, -0.25) is 10.4 Å². The lowest BCUT2D eigenvalue weighted by Gasteiger charge is -2.07. The highest BCUT2D eigenvalue weighted by atomic mass is 35.5. The molecule has 4 nitrogen and oxygen atoms in total. The summed E-state index contributed by atoms with van der Waals surface area (Å²) >= 11 is 6.03. The Morgan fingerprint density at radius 1 is 1.25 bits per heavy atom. The Labute approximate surface area is 146 Å². The molecule has 1 saturated carbocycles. The van der Waals surface area contributed by atoms with Crippen LogP contribution in [0.4, 0.5) is 5.69 Å². The zero-order chi connectivity index (χ0) is 16.7. The lowest BCUT2D eigenvalue weighted by molar-refractivity contribution is 0.699. The number of benzene rings is 1. The molecule has 1 aliphatic carbocycles. The van der Waals surface area contributed by atoms with Crippen LogP contribution in [-0.2, 0) is 0 Å². The summed E-state index contributed by atoms with van der Waals surface area (Å²) < 4.78 is 2.42. The van der Waals surface area contributed by atoms with E-state index in [0.29, 0.717) is 11.1 Å². The Balaban J connectivity index is 1.59. The number of hydrogen-bond donors (Lipinski definition) is 1. The van der Waals surface area contributed by atoms with Crippen LogP contribution in [0.15, 0.2) is 41.6 Å². The van der Waals surface area contributed by atoms with E-state index >= 15 is 0 Å². The van der Waals surface area contributed by atoms with E-state index < -0.39 is 0 Å². The van der Waals surface area contributed by atoms with Crippen LogP contribution in [0.5, 0.6) is 0 Å². The predicted molar refractivity (Wildman–Crippen MR) is 100 cm³/mol. The van der Waals surface area contributed by atoms with Crippen LogP contribution in [0, 0.1) is 13.8 Å². The summed E-state index contributed by atoms with van der Waals surface area (Å²) in [5, 5.41) is 6.12. The zero-order valence-electron chi connectivity index (χ0n) is 13.8. The molecule has 0 unspecified atom stereocenters. The van der Waals surface area contributed by atoms with Crippen molar-refractivity contribution in [2.45, 2.75) is 32.7 Å². The first-order valence-corrected chi connectivity index (χ1v) is 8.53. The van der Waals surface area contributed by atoms with Gasteiger partial charge in [-0.25, -0.2) is 0 Å². The second kappa shape index (κ2) is 5.95. The van der Waals surface area contributed by atoms with Gasteiger partial charge in [-0.05, 0) is 57.0 Å². The highest BCUT2D eigenvalue weighted by Gasteiger charge is 2.26. The second-order valence-corrected chi connectivity index (χ2v) is 6.75. The molecule has 0 atom stereocenters. The molecule has 1 fully saturated rings. The molecule has 5 heteroatoms. The Morgan fingerprint density at radius 2 is 2.08 bits per heavy atom. The van der Waals surface area contributed by atoms with Crippen LogP contribution in [0.1, 0.15) is 35.8 Å². The lowest BCUT2D eigenvalue weighted by Crippen LogP contribution is -1.99. The molecule has 2 heterocycles. The van der Waals surface area contributed by atoms with Gasteiger partial charge in [0.2, 0.25) is 0 Å². The number of anilines is 1. The topological polar surface area (TPSA) is 42.2 Å². The maximum atomic E-state index is 6.03. The van der Waals surface area contributed by atoms with Crippen LogP contribution < -0.4 is 5.43 Å². The number of hydrogen-bond acceptors (Lipinski definition) is 3. The molecule has 122 valence electrons. The molecular formula is C19H19ClN4. The molecule has 1 aromatic carbocycles. The highest BCUT2D eigenvalue weighted by Crippen LogP contribution is 2.38. The minimum absolute atomic E-state index is 0.683. The summed E-state index contributed by atoms with van der Waals surface area (Å²) in [5.41, 5.74) is 8.66. The molecule has 24 heavy (non-hydrogen) atoms. The number of halogens is 1. The average molecular weight is 339 g/mol. The van der Waals surface area contributed by atoms with Crippen molar-refractivity contribution in [3.05, 3.63) is 58.5 Å². The maximum absolute atomic E-state index is 6.03. The van der Waals surface area contributed by atoms with Crippen LogP contribution in [0.25, 0.3) is 10.9 Å². The number of aryl methyl sites for hydroxylation is 1. The first-order chi connectivity index (χ1) is 11.6. The molecule has 3 aromatic rings. The van der Waals surface area contributed by atoms with Crippen molar-refractivity contribution < 1.29 is 0 Å². The van der Waals surface area contributed by atoms with E-state index in [1.165, 1.54) is 24.2 Å². The van der Waals surface area contributed by atoms with E-state index in [-0.39, 0.29) is 0 Å². The summed E-state index contributed by atoms with van der Waals surface area (Å²) in [4.78, 5) is 4.34. The Kier molecular flexibility index (Phi) is 3.77. The summed E-state index contributed by atoms with van der Waals surface area (Å²) in [6.45, 7) is 4.33. The van der Waals surface area contributed by atoms with Gasteiger partial charge in [0, 0.05) is 39.6 Å². The minimum Gasteiger partial charge on any atom is -0.345 e. The van der Waals surface area contributed by atoms with Crippen LogP contribution in [0.2, 0.25) is 5.02 Å². The van der Waals surface area contributed by atoms with E-state index in [1.54, 1.807) is 6.20 Å².